The minimum Gasteiger partial charge on any atom is -0.497 e. The summed E-state index contributed by atoms with van der Waals surface area (Å²) in [5.74, 6) is -0.702. The number of benzene rings is 3. The summed E-state index contributed by atoms with van der Waals surface area (Å²) in [6.45, 7) is 7.22. The van der Waals surface area contributed by atoms with Crippen molar-refractivity contribution in [3.8, 4) is 5.75 Å². The maximum atomic E-state index is 13.9. The van der Waals surface area contributed by atoms with Crippen LogP contribution in [0.1, 0.15) is 31.9 Å². The average Bonchev–Trinajstić information content (AvgIpc) is 2.94. The Balaban J connectivity index is 2.00. The van der Waals surface area contributed by atoms with Gasteiger partial charge in [-0.3, -0.25) is 13.9 Å². The molecule has 0 radical (unpaired) electrons. The number of sulfonamides is 1. The van der Waals surface area contributed by atoms with E-state index in [1.54, 1.807) is 31.2 Å². The first-order valence-corrected chi connectivity index (χ1v) is 14.4. The van der Waals surface area contributed by atoms with Crippen molar-refractivity contribution in [2.75, 3.05) is 24.5 Å². The summed E-state index contributed by atoms with van der Waals surface area (Å²) in [5, 5.41) is 2.83. The van der Waals surface area contributed by atoms with Crippen LogP contribution in [-0.2, 0) is 26.2 Å². The van der Waals surface area contributed by atoms with E-state index in [0.717, 1.165) is 9.87 Å². The summed E-state index contributed by atoms with van der Waals surface area (Å²) < 4.78 is 47.4. The Morgan fingerprint density at radius 1 is 0.925 bits per heavy atom. The minimum absolute atomic E-state index is 0.0142. The molecule has 0 aliphatic rings. The molecule has 3 aromatic carbocycles. The molecule has 0 aliphatic carbocycles. The molecule has 1 unspecified atom stereocenters. The molecule has 0 aliphatic heterocycles. The second kappa shape index (κ2) is 13.4. The van der Waals surface area contributed by atoms with Crippen LogP contribution in [0.25, 0.3) is 0 Å². The quantitative estimate of drug-likeness (QED) is 0.346. The van der Waals surface area contributed by atoms with Gasteiger partial charge < -0.3 is 15.0 Å². The number of aryl methyl sites for hydroxylation is 1. The number of nitrogens with one attached hydrogen (secondary N) is 1. The van der Waals surface area contributed by atoms with Crippen LogP contribution in [-0.4, -0.2) is 51.4 Å². The third kappa shape index (κ3) is 7.81. The molecule has 0 bridgehead atoms. The molecule has 214 valence electrons. The molecule has 0 saturated heterocycles. The fraction of sp³-hybridized carbons (Fsp3) is 0.333. The molecular weight excluding hydrogens is 533 g/mol. The van der Waals surface area contributed by atoms with Crippen LogP contribution in [0, 0.1) is 18.7 Å². The van der Waals surface area contributed by atoms with Crippen molar-refractivity contribution >= 4 is 27.5 Å². The largest absolute Gasteiger partial charge is 0.497 e. The zero-order valence-electron chi connectivity index (χ0n) is 23.4. The number of carbonyl (C=O) groups excluding carboxylic acids is 2. The first kappa shape index (κ1) is 30.6. The molecule has 0 spiro atoms. The van der Waals surface area contributed by atoms with Crippen molar-refractivity contribution in [3.05, 3.63) is 89.7 Å². The van der Waals surface area contributed by atoms with Gasteiger partial charge in [0.2, 0.25) is 11.8 Å². The number of halogens is 1. The second-order valence-electron chi connectivity index (χ2n) is 9.99. The van der Waals surface area contributed by atoms with Gasteiger partial charge in [-0.1, -0.05) is 43.7 Å². The smallest absolute Gasteiger partial charge is 0.264 e. The van der Waals surface area contributed by atoms with E-state index in [0.29, 0.717) is 23.5 Å². The minimum atomic E-state index is -4.19. The van der Waals surface area contributed by atoms with Crippen LogP contribution in [0.5, 0.6) is 5.75 Å². The van der Waals surface area contributed by atoms with Gasteiger partial charge in [-0.15, -0.1) is 0 Å². The van der Waals surface area contributed by atoms with E-state index in [2.05, 4.69) is 5.32 Å². The lowest BCUT2D eigenvalue weighted by atomic mass is 10.1. The van der Waals surface area contributed by atoms with Crippen molar-refractivity contribution < 1.29 is 27.1 Å². The molecule has 0 heterocycles. The normalized spacial score (nSPS) is 12.1. The molecule has 1 atom stereocenters. The zero-order valence-corrected chi connectivity index (χ0v) is 24.2. The summed E-state index contributed by atoms with van der Waals surface area (Å²) in [4.78, 5) is 28.2. The molecule has 8 nitrogen and oxygen atoms in total. The fourth-order valence-electron chi connectivity index (χ4n) is 3.94. The van der Waals surface area contributed by atoms with Gasteiger partial charge in [0, 0.05) is 13.1 Å². The van der Waals surface area contributed by atoms with Crippen LogP contribution in [0.15, 0.2) is 77.7 Å². The van der Waals surface area contributed by atoms with Gasteiger partial charge in [-0.2, -0.15) is 0 Å². The Morgan fingerprint density at radius 3 is 2.08 bits per heavy atom. The van der Waals surface area contributed by atoms with Gasteiger partial charge in [-0.05, 0) is 73.9 Å². The number of nitrogens with zero attached hydrogens (tertiary/aromatic N) is 2. The van der Waals surface area contributed by atoms with Gasteiger partial charge in [-0.25, -0.2) is 12.8 Å². The van der Waals surface area contributed by atoms with Crippen molar-refractivity contribution in [2.45, 2.75) is 45.2 Å². The lowest BCUT2D eigenvalue weighted by Gasteiger charge is -2.32. The molecule has 10 heteroatoms. The maximum absolute atomic E-state index is 13.9. The highest BCUT2D eigenvalue weighted by Gasteiger charge is 2.32. The standard InChI is InChI=1S/C30H36FN3O5S/c1-21(2)18-32-30(36)23(4)33(19-24-8-10-25(31)11-9-24)29(35)20-34(26-12-6-22(3)7-13-26)40(37,38)28-16-14-27(39-5)15-17-28/h6-17,21,23H,18-20H2,1-5H3,(H,32,36). The average molecular weight is 570 g/mol. The topological polar surface area (TPSA) is 96.0 Å². The SMILES string of the molecule is COc1ccc(S(=O)(=O)N(CC(=O)N(Cc2ccc(F)cc2)C(C)C(=O)NCC(C)C)c2ccc(C)cc2)cc1. The number of methoxy groups -OCH3 is 1. The highest BCUT2D eigenvalue weighted by molar-refractivity contribution is 7.92. The highest BCUT2D eigenvalue weighted by atomic mass is 32.2. The van der Waals surface area contributed by atoms with Crippen LogP contribution >= 0.6 is 0 Å². The summed E-state index contributed by atoms with van der Waals surface area (Å²) in [5.41, 5.74) is 1.82. The summed E-state index contributed by atoms with van der Waals surface area (Å²) in [7, 11) is -2.71. The molecule has 1 N–H and O–H groups in total. The highest BCUT2D eigenvalue weighted by Crippen LogP contribution is 2.26. The number of ether oxygens (including phenoxy) is 1. The molecule has 40 heavy (non-hydrogen) atoms. The second-order valence-corrected chi connectivity index (χ2v) is 11.8. The van der Waals surface area contributed by atoms with Gasteiger partial charge in [0.25, 0.3) is 10.0 Å². The molecule has 0 aromatic heterocycles. The first-order valence-electron chi connectivity index (χ1n) is 13.0. The lowest BCUT2D eigenvalue weighted by Crippen LogP contribution is -2.51. The number of carbonyl (C=O) groups is 2. The molecular formula is C30H36FN3O5S. The van der Waals surface area contributed by atoms with E-state index >= 15 is 0 Å². The molecule has 3 rings (SSSR count). The molecule has 0 fully saturated rings. The lowest BCUT2D eigenvalue weighted by molar-refractivity contribution is -0.139. The van der Waals surface area contributed by atoms with Crippen LogP contribution < -0.4 is 14.4 Å². The van der Waals surface area contributed by atoms with E-state index in [1.165, 1.54) is 60.5 Å². The number of rotatable bonds is 12. The molecule has 0 saturated carbocycles. The Labute approximate surface area is 235 Å². The maximum Gasteiger partial charge on any atom is 0.264 e. The predicted molar refractivity (Wildman–Crippen MR) is 153 cm³/mol. The fourth-order valence-corrected chi connectivity index (χ4v) is 5.35. The Morgan fingerprint density at radius 2 is 1.52 bits per heavy atom. The zero-order chi connectivity index (χ0) is 29.4. The van der Waals surface area contributed by atoms with E-state index in [9.17, 15) is 22.4 Å². The van der Waals surface area contributed by atoms with Crippen LogP contribution in [0.4, 0.5) is 10.1 Å². The van der Waals surface area contributed by atoms with Gasteiger partial charge in [0.1, 0.15) is 24.2 Å². The van der Waals surface area contributed by atoms with E-state index in [1.807, 2.05) is 20.8 Å². The van der Waals surface area contributed by atoms with Crippen molar-refractivity contribution in [3.63, 3.8) is 0 Å². The monoisotopic (exact) mass is 569 g/mol. The van der Waals surface area contributed by atoms with Gasteiger partial charge in [0.05, 0.1) is 17.7 Å². The number of hydrogen-bond donors (Lipinski definition) is 1. The third-order valence-corrected chi connectivity index (χ3v) is 8.15. The number of amides is 2. The van der Waals surface area contributed by atoms with Crippen molar-refractivity contribution in [1.29, 1.82) is 0 Å². The van der Waals surface area contributed by atoms with Crippen molar-refractivity contribution in [1.82, 2.24) is 10.2 Å². The molecule has 3 aromatic rings. The first-order chi connectivity index (χ1) is 18.9. The van der Waals surface area contributed by atoms with Gasteiger partial charge >= 0.3 is 0 Å². The van der Waals surface area contributed by atoms with E-state index in [-0.39, 0.29) is 23.3 Å². The number of hydrogen-bond acceptors (Lipinski definition) is 5. The van der Waals surface area contributed by atoms with Crippen LogP contribution in [0.2, 0.25) is 0 Å². The van der Waals surface area contributed by atoms with E-state index in [4.69, 9.17) is 4.74 Å². The van der Waals surface area contributed by atoms with Gasteiger partial charge in [0.15, 0.2) is 0 Å². The summed E-state index contributed by atoms with van der Waals surface area (Å²) in [6, 6.07) is 17.4. The summed E-state index contributed by atoms with van der Waals surface area (Å²) in [6.07, 6.45) is 0. The van der Waals surface area contributed by atoms with Crippen LogP contribution in [0.3, 0.4) is 0 Å². The third-order valence-electron chi connectivity index (χ3n) is 6.37. The number of anilines is 1. The van der Waals surface area contributed by atoms with Crippen molar-refractivity contribution in [2.24, 2.45) is 5.92 Å². The summed E-state index contributed by atoms with van der Waals surface area (Å²) >= 11 is 0. The Bertz CT molecular complexity index is 1390. The Hall–Kier alpha value is -3.92. The molecule has 2 amide bonds. The van der Waals surface area contributed by atoms with E-state index < -0.39 is 34.3 Å². The predicted octanol–water partition coefficient (Wildman–Crippen LogP) is 4.53. The Kier molecular flexibility index (Phi) is 10.3.